The SMILES string of the molecule is O=c1cc[nH]c2ccc(-n3cnnn3)cc12. The predicted octanol–water partition coefficient (Wildman–Crippen LogP) is 0.504. The number of fused-ring (bicyclic) bond motifs is 1. The number of hydrogen-bond donors (Lipinski definition) is 1. The summed E-state index contributed by atoms with van der Waals surface area (Å²) in [4.78, 5) is 14.6. The Kier molecular flexibility index (Phi) is 1.79. The highest BCUT2D eigenvalue weighted by atomic mass is 16.1. The summed E-state index contributed by atoms with van der Waals surface area (Å²) < 4.78 is 1.51. The van der Waals surface area contributed by atoms with E-state index in [2.05, 4.69) is 20.5 Å². The van der Waals surface area contributed by atoms with Crippen molar-refractivity contribution in [1.82, 2.24) is 25.2 Å². The number of aromatic nitrogens is 5. The second-order valence-electron chi connectivity index (χ2n) is 3.33. The fourth-order valence-corrected chi connectivity index (χ4v) is 1.58. The van der Waals surface area contributed by atoms with Crippen LogP contribution in [0.15, 0.2) is 41.6 Å². The van der Waals surface area contributed by atoms with Gasteiger partial charge >= 0.3 is 0 Å². The van der Waals surface area contributed by atoms with Crippen molar-refractivity contribution in [3.63, 3.8) is 0 Å². The maximum absolute atomic E-state index is 11.6. The molecule has 1 N–H and O–H groups in total. The zero-order valence-corrected chi connectivity index (χ0v) is 8.16. The average molecular weight is 213 g/mol. The minimum Gasteiger partial charge on any atom is -0.361 e. The highest BCUT2D eigenvalue weighted by Gasteiger charge is 2.02. The molecule has 6 nitrogen and oxygen atoms in total. The van der Waals surface area contributed by atoms with Gasteiger partial charge in [0.2, 0.25) is 0 Å². The van der Waals surface area contributed by atoms with E-state index < -0.39 is 0 Å². The lowest BCUT2D eigenvalue weighted by Crippen LogP contribution is -2.02. The summed E-state index contributed by atoms with van der Waals surface area (Å²) in [5.41, 5.74) is 1.53. The molecule has 0 amide bonds. The third kappa shape index (κ3) is 1.28. The Morgan fingerprint density at radius 1 is 1.25 bits per heavy atom. The van der Waals surface area contributed by atoms with Gasteiger partial charge in [-0.25, -0.2) is 4.68 Å². The maximum atomic E-state index is 11.6. The summed E-state index contributed by atoms with van der Waals surface area (Å²) >= 11 is 0. The summed E-state index contributed by atoms with van der Waals surface area (Å²) in [5, 5.41) is 11.5. The Balaban J connectivity index is 2.31. The summed E-state index contributed by atoms with van der Waals surface area (Å²) in [6.07, 6.45) is 3.11. The first-order valence-electron chi connectivity index (χ1n) is 4.69. The van der Waals surface area contributed by atoms with Crippen molar-refractivity contribution in [3.8, 4) is 5.69 Å². The highest BCUT2D eigenvalue weighted by Crippen LogP contribution is 2.12. The van der Waals surface area contributed by atoms with Crippen LogP contribution in [0, 0.1) is 0 Å². The zero-order valence-electron chi connectivity index (χ0n) is 8.16. The fraction of sp³-hybridized carbons (Fsp3) is 0. The number of benzene rings is 1. The Bertz CT molecular complexity index is 686. The number of hydrogen-bond acceptors (Lipinski definition) is 4. The predicted molar refractivity (Wildman–Crippen MR) is 57.3 cm³/mol. The number of nitrogens with zero attached hydrogens (tertiary/aromatic N) is 4. The first-order chi connectivity index (χ1) is 7.84. The van der Waals surface area contributed by atoms with Gasteiger partial charge in [-0.1, -0.05) is 0 Å². The minimum absolute atomic E-state index is 0.0244. The standard InChI is InChI=1S/C10H7N5O/c16-10-3-4-11-9-2-1-7(5-8(9)10)15-6-12-13-14-15/h1-6H,(H,11,16). The molecule has 2 aromatic heterocycles. The Hall–Kier alpha value is -2.50. The van der Waals surface area contributed by atoms with E-state index in [9.17, 15) is 4.79 Å². The molecular weight excluding hydrogens is 206 g/mol. The van der Waals surface area contributed by atoms with Crippen LogP contribution in [0.5, 0.6) is 0 Å². The average Bonchev–Trinajstić information content (AvgIpc) is 2.83. The Morgan fingerprint density at radius 2 is 2.19 bits per heavy atom. The molecule has 0 spiro atoms. The van der Waals surface area contributed by atoms with E-state index in [1.807, 2.05) is 12.1 Å². The minimum atomic E-state index is -0.0244. The molecule has 6 heteroatoms. The largest absolute Gasteiger partial charge is 0.361 e. The van der Waals surface area contributed by atoms with Crippen LogP contribution in [0.2, 0.25) is 0 Å². The van der Waals surface area contributed by atoms with E-state index in [1.54, 1.807) is 12.3 Å². The molecule has 16 heavy (non-hydrogen) atoms. The van der Waals surface area contributed by atoms with Crippen LogP contribution in [0.3, 0.4) is 0 Å². The van der Waals surface area contributed by atoms with E-state index in [1.165, 1.54) is 17.1 Å². The smallest absolute Gasteiger partial charge is 0.189 e. The molecule has 0 aliphatic heterocycles. The van der Waals surface area contributed by atoms with Gasteiger partial charge in [0, 0.05) is 23.2 Å². The van der Waals surface area contributed by atoms with Crippen molar-refractivity contribution >= 4 is 10.9 Å². The summed E-state index contributed by atoms with van der Waals surface area (Å²) in [6, 6.07) is 6.92. The van der Waals surface area contributed by atoms with Crippen LogP contribution in [0.1, 0.15) is 0 Å². The first-order valence-corrected chi connectivity index (χ1v) is 4.69. The van der Waals surface area contributed by atoms with Gasteiger partial charge in [0.1, 0.15) is 6.33 Å². The van der Waals surface area contributed by atoms with E-state index >= 15 is 0 Å². The molecule has 0 saturated carbocycles. The molecule has 0 atom stereocenters. The van der Waals surface area contributed by atoms with Crippen molar-refractivity contribution in [2.24, 2.45) is 0 Å². The molecule has 0 aliphatic carbocycles. The number of nitrogens with one attached hydrogen (secondary N) is 1. The first kappa shape index (κ1) is 8.78. The van der Waals surface area contributed by atoms with Crippen LogP contribution < -0.4 is 5.43 Å². The quantitative estimate of drug-likeness (QED) is 0.638. The number of aromatic amines is 1. The summed E-state index contributed by atoms with van der Waals surface area (Å²) in [5.74, 6) is 0. The van der Waals surface area contributed by atoms with Crippen molar-refractivity contribution in [2.45, 2.75) is 0 Å². The molecule has 0 bridgehead atoms. The van der Waals surface area contributed by atoms with E-state index in [0.717, 1.165) is 11.2 Å². The van der Waals surface area contributed by atoms with Crippen LogP contribution >= 0.6 is 0 Å². The van der Waals surface area contributed by atoms with Gasteiger partial charge in [-0.2, -0.15) is 0 Å². The Labute approximate surface area is 89.5 Å². The molecular formula is C10H7N5O. The van der Waals surface area contributed by atoms with E-state index in [4.69, 9.17) is 0 Å². The van der Waals surface area contributed by atoms with Gasteiger partial charge in [0.15, 0.2) is 5.43 Å². The van der Waals surface area contributed by atoms with Gasteiger partial charge in [-0.05, 0) is 28.6 Å². The van der Waals surface area contributed by atoms with Crippen LogP contribution in [0.4, 0.5) is 0 Å². The zero-order chi connectivity index (χ0) is 11.0. The van der Waals surface area contributed by atoms with Crippen molar-refractivity contribution < 1.29 is 0 Å². The highest BCUT2D eigenvalue weighted by molar-refractivity contribution is 5.80. The lowest BCUT2D eigenvalue weighted by atomic mass is 10.2. The Morgan fingerprint density at radius 3 is 3.00 bits per heavy atom. The van der Waals surface area contributed by atoms with Crippen molar-refractivity contribution in [3.05, 3.63) is 47.0 Å². The van der Waals surface area contributed by atoms with Crippen LogP contribution in [-0.2, 0) is 0 Å². The third-order valence-electron chi connectivity index (χ3n) is 2.36. The number of H-pyrrole nitrogens is 1. The van der Waals surface area contributed by atoms with Gasteiger partial charge in [0.05, 0.1) is 5.69 Å². The lowest BCUT2D eigenvalue weighted by molar-refractivity contribution is 0.790. The topological polar surface area (TPSA) is 76.5 Å². The summed E-state index contributed by atoms with van der Waals surface area (Å²) in [7, 11) is 0. The van der Waals surface area contributed by atoms with E-state index in [0.29, 0.717) is 5.39 Å². The van der Waals surface area contributed by atoms with Crippen molar-refractivity contribution in [1.29, 1.82) is 0 Å². The molecule has 0 fully saturated rings. The van der Waals surface area contributed by atoms with Crippen LogP contribution in [0.25, 0.3) is 16.6 Å². The van der Waals surface area contributed by atoms with Crippen LogP contribution in [-0.4, -0.2) is 25.2 Å². The number of rotatable bonds is 1. The van der Waals surface area contributed by atoms with Crippen molar-refractivity contribution in [2.75, 3.05) is 0 Å². The molecule has 2 heterocycles. The maximum Gasteiger partial charge on any atom is 0.189 e. The van der Waals surface area contributed by atoms with Gasteiger partial charge in [0.25, 0.3) is 0 Å². The third-order valence-corrected chi connectivity index (χ3v) is 2.36. The molecule has 0 radical (unpaired) electrons. The number of tetrazole rings is 1. The molecule has 3 aromatic rings. The molecule has 78 valence electrons. The van der Waals surface area contributed by atoms with Gasteiger partial charge in [-0.15, -0.1) is 5.10 Å². The van der Waals surface area contributed by atoms with Gasteiger partial charge in [-0.3, -0.25) is 4.79 Å². The number of pyridine rings is 1. The monoisotopic (exact) mass is 213 g/mol. The molecule has 1 aromatic carbocycles. The second-order valence-corrected chi connectivity index (χ2v) is 3.33. The molecule has 0 aliphatic rings. The molecule has 0 unspecified atom stereocenters. The lowest BCUT2D eigenvalue weighted by Gasteiger charge is -2.01. The fourth-order valence-electron chi connectivity index (χ4n) is 1.58. The van der Waals surface area contributed by atoms with E-state index in [-0.39, 0.29) is 5.43 Å². The normalized spacial score (nSPS) is 10.8. The summed E-state index contributed by atoms with van der Waals surface area (Å²) in [6.45, 7) is 0. The van der Waals surface area contributed by atoms with Gasteiger partial charge < -0.3 is 4.98 Å². The molecule has 3 rings (SSSR count). The molecule has 0 saturated heterocycles. The second kappa shape index (κ2) is 3.27.